The number of thioether (sulfide) groups is 1. The Morgan fingerprint density at radius 3 is 2.78 bits per heavy atom. The van der Waals surface area contributed by atoms with Crippen LogP contribution in [-0.2, 0) is 17.1 Å². The highest BCUT2D eigenvalue weighted by atomic mass is 32.2. The molecular weight excluding hydrogens is 368 g/mol. The highest BCUT2D eigenvalue weighted by Gasteiger charge is 2.14. The van der Waals surface area contributed by atoms with Crippen LogP contribution in [0.3, 0.4) is 0 Å². The molecule has 2 N–H and O–H groups in total. The zero-order valence-electron chi connectivity index (χ0n) is 14.6. The maximum Gasteiger partial charge on any atom is 0.356 e. The Hall–Kier alpha value is -3.07. The van der Waals surface area contributed by atoms with Gasteiger partial charge in [0.1, 0.15) is 6.26 Å². The number of benzene rings is 1. The predicted octanol–water partition coefficient (Wildman–Crippen LogP) is 2.65. The monoisotopic (exact) mass is 386 g/mol. The smallest absolute Gasteiger partial charge is 0.356 e. The van der Waals surface area contributed by atoms with Gasteiger partial charge in [-0.15, -0.1) is 11.8 Å². The number of carboxylic acid groups (broad SMARTS) is 1. The quantitative estimate of drug-likeness (QED) is 0.612. The summed E-state index contributed by atoms with van der Waals surface area (Å²) in [5, 5.41) is 15.2. The van der Waals surface area contributed by atoms with Crippen LogP contribution in [0.5, 0.6) is 0 Å². The maximum atomic E-state index is 12.2. The van der Waals surface area contributed by atoms with Gasteiger partial charge in [-0.1, -0.05) is 18.2 Å². The topological polar surface area (TPSA) is 112 Å². The standard InChI is InChI=1S/C18H18N4O4S/c1-22(8-13-7-15(18(24)25)21-20-13)16(23)11-27-10-14-9-26-17(19-14)12-5-3-2-4-6-12/h2-7,9H,8,10-11H2,1H3,(H,20,21)(H,24,25). The minimum absolute atomic E-state index is 0.0690. The molecule has 1 aromatic carbocycles. The van der Waals surface area contributed by atoms with Crippen LogP contribution >= 0.6 is 11.8 Å². The Labute approximate surface area is 159 Å². The Morgan fingerprint density at radius 2 is 2.07 bits per heavy atom. The molecule has 0 aliphatic carbocycles. The van der Waals surface area contributed by atoms with Crippen molar-refractivity contribution in [2.75, 3.05) is 12.8 Å². The lowest BCUT2D eigenvalue weighted by atomic mass is 10.2. The van der Waals surface area contributed by atoms with E-state index in [4.69, 9.17) is 9.52 Å². The molecule has 2 aromatic heterocycles. The summed E-state index contributed by atoms with van der Waals surface area (Å²) in [6.45, 7) is 0.266. The van der Waals surface area contributed by atoms with Crippen molar-refractivity contribution in [3.63, 3.8) is 0 Å². The molecule has 3 rings (SSSR count). The van der Waals surface area contributed by atoms with Crippen molar-refractivity contribution in [3.05, 3.63) is 59.7 Å². The number of H-pyrrole nitrogens is 1. The SMILES string of the molecule is CN(Cc1cc(C(=O)O)n[nH]1)C(=O)CSCc1coc(-c2ccccc2)n1. The van der Waals surface area contributed by atoms with Crippen LogP contribution in [0.25, 0.3) is 11.5 Å². The van der Waals surface area contributed by atoms with E-state index in [1.807, 2.05) is 30.3 Å². The Bertz CT molecular complexity index is 922. The molecule has 0 bridgehead atoms. The van der Waals surface area contributed by atoms with Crippen LogP contribution in [0.1, 0.15) is 21.9 Å². The fourth-order valence-corrected chi connectivity index (χ4v) is 3.17. The lowest BCUT2D eigenvalue weighted by Gasteiger charge is -2.15. The number of carboxylic acids is 1. The van der Waals surface area contributed by atoms with Gasteiger partial charge in [0.2, 0.25) is 11.8 Å². The van der Waals surface area contributed by atoms with E-state index >= 15 is 0 Å². The first kappa shape index (κ1) is 18.7. The number of carbonyl (C=O) groups is 2. The van der Waals surface area contributed by atoms with E-state index in [1.165, 1.54) is 22.7 Å². The van der Waals surface area contributed by atoms with Gasteiger partial charge in [0.25, 0.3) is 0 Å². The summed E-state index contributed by atoms with van der Waals surface area (Å²) in [5.74, 6) is 0.221. The van der Waals surface area contributed by atoms with Crippen molar-refractivity contribution in [2.45, 2.75) is 12.3 Å². The lowest BCUT2D eigenvalue weighted by Crippen LogP contribution is -2.28. The highest BCUT2D eigenvalue weighted by Crippen LogP contribution is 2.20. The van der Waals surface area contributed by atoms with E-state index in [0.717, 1.165) is 11.3 Å². The van der Waals surface area contributed by atoms with Crippen molar-refractivity contribution in [1.29, 1.82) is 0 Å². The number of nitrogens with one attached hydrogen (secondary N) is 1. The van der Waals surface area contributed by atoms with Gasteiger partial charge in [0, 0.05) is 18.4 Å². The molecule has 0 saturated heterocycles. The second kappa shape index (κ2) is 8.54. The van der Waals surface area contributed by atoms with Gasteiger partial charge >= 0.3 is 5.97 Å². The summed E-state index contributed by atoms with van der Waals surface area (Å²) < 4.78 is 5.48. The van der Waals surface area contributed by atoms with Crippen molar-refractivity contribution < 1.29 is 19.1 Å². The van der Waals surface area contributed by atoms with E-state index in [2.05, 4.69) is 15.2 Å². The number of hydrogen-bond acceptors (Lipinski definition) is 6. The summed E-state index contributed by atoms with van der Waals surface area (Å²) in [6.07, 6.45) is 1.60. The third kappa shape index (κ3) is 4.98. The van der Waals surface area contributed by atoms with Crippen LogP contribution < -0.4 is 0 Å². The molecular formula is C18H18N4O4S. The summed E-state index contributed by atoms with van der Waals surface area (Å²) in [7, 11) is 1.66. The van der Waals surface area contributed by atoms with E-state index in [0.29, 0.717) is 17.3 Å². The number of hydrogen-bond donors (Lipinski definition) is 2. The second-order valence-corrected chi connectivity index (χ2v) is 6.82. The van der Waals surface area contributed by atoms with Gasteiger partial charge in [-0.25, -0.2) is 9.78 Å². The van der Waals surface area contributed by atoms with Gasteiger partial charge in [0.05, 0.1) is 23.7 Å². The first-order valence-corrected chi connectivity index (χ1v) is 9.27. The highest BCUT2D eigenvalue weighted by molar-refractivity contribution is 7.99. The fraction of sp³-hybridized carbons (Fsp3) is 0.222. The zero-order valence-corrected chi connectivity index (χ0v) is 15.4. The number of nitrogens with zero attached hydrogens (tertiary/aromatic N) is 3. The van der Waals surface area contributed by atoms with Crippen molar-refractivity contribution in [2.24, 2.45) is 0 Å². The molecule has 27 heavy (non-hydrogen) atoms. The van der Waals surface area contributed by atoms with E-state index < -0.39 is 5.97 Å². The van der Waals surface area contributed by atoms with Gasteiger partial charge < -0.3 is 14.4 Å². The summed E-state index contributed by atoms with van der Waals surface area (Å²) in [5.41, 5.74) is 2.18. The normalized spacial score (nSPS) is 10.7. The van der Waals surface area contributed by atoms with Crippen LogP contribution in [0, 0.1) is 0 Å². The molecule has 140 valence electrons. The van der Waals surface area contributed by atoms with Crippen LogP contribution in [0.4, 0.5) is 0 Å². The Balaban J connectivity index is 1.46. The third-order valence-corrected chi connectivity index (χ3v) is 4.68. The fourth-order valence-electron chi connectivity index (χ4n) is 2.34. The average molecular weight is 386 g/mol. The Morgan fingerprint density at radius 1 is 1.30 bits per heavy atom. The largest absolute Gasteiger partial charge is 0.476 e. The summed E-state index contributed by atoms with van der Waals surface area (Å²) in [4.78, 5) is 29.0. The molecule has 0 aliphatic rings. The van der Waals surface area contributed by atoms with E-state index in [1.54, 1.807) is 13.3 Å². The molecule has 8 nitrogen and oxygen atoms in total. The van der Waals surface area contributed by atoms with Gasteiger partial charge in [-0.3, -0.25) is 9.89 Å². The van der Waals surface area contributed by atoms with E-state index in [-0.39, 0.29) is 23.9 Å². The molecule has 0 aliphatic heterocycles. The minimum Gasteiger partial charge on any atom is -0.476 e. The van der Waals surface area contributed by atoms with Gasteiger partial charge in [-0.05, 0) is 18.2 Å². The molecule has 0 atom stereocenters. The number of amides is 1. The van der Waals surface area contributed by atoms with Crippen LogP contribution in [0.15, 0.2) is 47.1 Å². The number of carbonyl (C=O) groups excluding carboxylic acids is 1. The number of aromatic carboxylic acids is 1. The lowest BCUT2D eigenvalue weighted by molar-refractivity contribution is -0.127. The molecule has 0 fully saturated rings. The molecule has 0 saturated carbocycles. The van der Waals surface area contributed by atoms with Gasteiger partial charge in [0.15, 0.2) is 5.69 Å². The number of rotatable bonds is 8. The molecule has 2 heterocycles. The molecule has 3 aromatic rings. The molecule has 1 amide bonds. The summed E-state index contributed by atoms with van der Waals surface area (Å²) in [6, 6.07) is 11.0. The van der Waals surface area contributed by atoms with E-state index in [9.17, 15) is 9.59 Å². The average Bonchev–Trinajstić information content (AvgIpc) is 3.32. The zero-order chi connectivity index (χ0) is 19.2. The van der Waals surface area contributed by atoms with Crippen molar-refractivity contribution >= 4 is 23.6 Å². The molecule has 0 radical (unpaired) electrons. The van der Waals surface area contributed by atoms with Crippen LogP contribution in [0.2, 0.25) is 0 Å². The summed E-state index contributed by atoms with van der Waals surface area (Å²) >= 11 is 1.44. The number of aromatic nitrogens is 3. The Kier molecular flexibility index (Phi) is 5.92. The first-order chi connectivity index (χ1) is 13.0. The maximum absolute atomic E-state index is 12.2. The first-order valence-electron chi connectivity index (χ1n) is 8.12. The van der Waals surface area contributed by atoms with Crippen molar-refractivity contribution in [1.82, 2.24) is 20.1 Å². The second-order valence-electron chi connectivity index (χ2n) is 5.84. The molecule has 0 unspecified atom stereocenters. The molecule has 9 heteroatoms. The molecule has 0 spiro atoms. The minimum atomic E-state index is -1.11. The van der Waals surface area contributed by atoms with Crippen molar-refractivity contribution in [3.8, 4) is 11.5 Å². The predicted molar refractivity (Wildman–Crippen MR) is 100 cm³/mol. The number of aromatic amines is 1. The van der Waals surface area contributed by atoms with Crippen LogP contribution in [-0.4, -0.2) is 49.9 Å². The number of oxazole rings is 1. The third-order valence-electron chi connectivity index (χ3n) is 3.73. The van der Waals surface area contributed by atoms with Gasteiger partial charge in [-0.2, -0.15) is 5.10 Å².